The van der Waals surface area contributed by atoms with Crippen LogP contribution in [0, 0.1) is 0 Å². The Hall–Kier alpha value is -2.76. The number of carboxylic acids is 1. The van der Waals surface area contributed by atoms with Gasteiger partial charge in [-0.25, -0.2) is 4.79 Å². The molecule has 0 spiro atoms. The molecular weight excluding hydrogens is 262 g/mol. The van der Waals surface area contributed by atoms with Crippen LogP contribution in [0.2, 0.25) is 0 Å². The SMILES string of the molecule is O=C(O)CNc1occc1C(=O)OCc1ccccc1. The molecule has 0 amide bonds. The van der Waals surface area contributed by atoms with Gasteiger partial charge in [-0.1, -0.05) is 30.3 Å². The fraction of sp³-hybridized carbons (Fsp3) is 0.143. The molecule has 0 saturated carbocycles. The predicted molar refractivity (Wildman–Crippen MR) is 70.4 cm³/mol. The van der Waals surface area contributed by atoms with Gasteiger partial charge in [0.2, 0.25) is 5.88 Å². The molecule has 2 N–H and O–H groups in total. The van der Waals surface area contributed by atoms with Crippen LogP contribution in [-0.2, 0) is 16.1 Å². The standard InChI is InChI=1S/C14H13NO5/c16-12(17)8-15-13-11(6-7-19-13)14(18)20-9-10-4-2-1-3-5-10/h1-7,15H,8-9H2,(H,16,17). The van der Waals surface area contributed by atoms with E-state index in [0.717, 1.165) is 5.56 Å². The molecule has 2 rings (SSSR count). The Morgan fingerprint density at radius 1 is 1.20 bits per heavy atom. The van der Waals surface area contributed by atoms with Gasteiger partial charge < -0.3 is 19.6 Å². The molecule has 0 bridgehead atoms. The summed E-state index contributed by atoms with van der Waals surface area (Å²) in [6.45, 7) is -0.199. The van der Waals surface area contributed by atoms with Crippen molar-refractivity contribution in [3.05, 3.63) is 53.8 Å². The van der Waals surface area contributed by atoms with Crippen molar-refractivity contribution in [3.63, 3.8) is 0 Å². The van der Waals surface area contributed by atoms with Gasteiger partial charge in [-0.3, -0.25) is 4.79 Å². The number of carbonyl (C=O) groups is 2. The third-order valence-electron chi connectivity index (χ3n) is 2.50. The van der Waals surface area contributed by atoms with Crippen LogP contribution in [0.4, 0.5) is 5.88 Å². The molecule has 20 heavy (non-hydrogen) atoms. The average molecular weight is 275 g/mol. The van der Waals surface area contributed by atoms with E-state index < -0.39 is 11.9 Å². The molecule has 1 heterocycles. The maximum Gasteiger partial charge on any atom is 0.344 e. The van der Waals surface area contributed by atoms with Crippen molar-refractivity contribution in [1.29, 1.82) is 0 Å². The fourth-order valence-corrected chi connectivity index (χ4v) is 1.56. The normalized spacial score (nSPS) is 10.0. The molecule has 6 heteroatoms. The van der Waals surface area contributed by atoms with Crippen LogP contribution < -0.4 is 5.32 Å². The first-order valence-electron chi connectivity index (χ1n) is 5.91. The highest BCUT2D eigenvalue weighted by atomic mass is 16.5. The predicted octanol–water partition coefficient (Wildman–Crippen LogP) is 2.13. The summed E-state index contributed by atoms with van der Waals surface area (Å²) in [6.07, 6.45) is 1.29. The third kappa shape index (κ3) is 3.61. The molecule has 0 unspecified atom stereocenters. The van der Waals surface area contributed by atoms with E-state index in [1.807, 2.05) is 30.3 Å². The van der Waals surface area contributed by atoms with Crippen molar-refractivity contribution in [2.75, 3.05) is 11.9 Å². The van der Waals surface area contributed by atoms with Crippen LogP contribution in [0.1, 0.15) is 15.9 Å². The van der Waals surface area contributed by atoms with Crippen LogP contribution in [-0.4, -0.2) is 23.6 Å². The highest BCUT2D eigenvalue weighted by Gasteiger charge is 2.16. The molecule has 6 nitrogen and oxygen atoms in total. The Morgan fingerprint density at radius 3 is 2.65 bits per heavy atom. The second-order valence-electron chi connectivity index (χ2n) is 3.97. The van der Waals surface area contributed by atoms with Gasteiger partial charge in [-0.2, -0.15) is 0 Å². The van der Waals surface area contributed by atoms with Crippen molar-refractivity contribution in [2.45, 2.75) is 6.61 Å². The van der Waals surface area contributed by atoms with Gasteiger partial charge in [0.15, 0.2) is 0 Å². The monoisotopic (exact) mass is 275 g/mol. The molecule has 0 aliphatic carbocycles. The number of hydrogen-bond donors (Lipinski definition) is 2. The fourth-order valence-electron chi connectivity index (χ4n) is 1.56. The molecule has 1 aromatic heterocycles. The number of ether oxygens (including phenoxy) is 1. The van der Waals surface area contributed by atoms with Crippen LogP contribution in [0.25, 0.3) is 0 Å². The molecule has 0 aliphatic rings. The zero-order valence-corrected chi connectivity index (χ0v) is 10.5. The molecule has 104 valence electrons. The van der Waals surface area contributed by atoms with Crippen LogP contribution in [0.5, 0.6) is 0 Å². The van der Waals surface area contributed by atoms with E-state index in [1.54, 1.807) is 0 Å². The summed E-state index contributed by atoms with van der Waals surface area (Å²) in [6, 6.07) is 10.7. The number of aliphatic carboxylic acids is 1. The Kier molecular flexibility index (Phi) is 4.39. The maximum atomic E-state index is 11.9. The molecule has 0 fully saturated rings. The first-order chi connectivity index (χ1) is 9.66. The van der Waals surface area contributed by atoms with Crippen molar-refractivity contribution < 1.29 is 23.8 Å². The number of hydrogen-bond acceptors (Lipinski definition) is 5. The zero-order valence-electron chi connectivity index (χ0n) is 10.5. The Labute approximate surface area is 115 Å². The Balaban J connectivity index is 1.95. The van der Waals surface area contributed by atoms with Crippen molar-refractivity contribution >= 4 is 17.8 Å². The van der Waals surface area contributed by atoms with Gasteiger partial charge in [-0.15, -0.1) is 0 Å². The van der Waals surface area contributed by atoms with Gasteiger partial charge in [0.1, 0.15) is 18.7 Å². The Morgan fingerprint density at radius 2 is 1.95 bits per heavy atom. The van der Waals surface area contributed by atoms with E-state index in [9.17, 15) is 9.59 Å². The number of nitrogens with one attached hydrogen (secondary N) is 1. The van der Waals surface area contributed by atoms with Crippen molar-refractivity contribution in [1.82, 2.24) is 0 Å². The molecule has 0 aliphatic heterocycles. The molecule has 0 atom stereocenters. The number of carbonyl (C=O) groups excluding carboxylic acids is 1. The van der Waals surface area contributed by atoms with Gasteiger partial charge in [0.05, 0.1) is 6.26 Å². The molecule has 1 aromatic carbocycles. The summed E-state index contributed by atoms with van der Waals surface area (Å²) >= 11 is 0. The number of benzene rings is 1. The van der Waals surface area contributed by atoms with Crippen LogP contribution >= 0.6 is 0 Å². The Bertz CT molecular complexity index is 591. The van der Waals surface area contributed by atoms with E-state index in [-0.39, 0.29) is 24.6 Å². The number of rotatable bonds is 6. The minimum Gasteiger partial charge on any atom is -0.480 e. The lowest BCUT2D eigenvalue weighted by Crippen LogP contribution is -2.14. The molecule has 0 radical (unpaired) electrons. The lowest BCUT2D eigenvalue weighted by Gasteiger charge is -2.05. The van der Waals surface area contributed by atoms with Gasteiger partial charge >= 0.3 is 11.9 Å². The lowest BCUT2D eigenvalue weighted by molar-refractivity contribution is -0.134. The van der Waals surface area contributed by atoms with E-state index >= 15 is 0 Å². The van der Waals surface area contributed by atoms with E-state index in [0.29, 0.717) is 0 Å². The zero-order chi connectivity index (χ0) is 14.4. The maximum absolute atomic E-state index is 11.9. The first kappa shape index (κ1) is 13.7. The number of esters is 1. The summed E-state index contributed by atoms with van der Waals surface area (Å²) < 4.78 is 10.1. The van der Waals surface area contributed by atoms with E-state index in [4.69, 9.17) is 14.3 Å². The van der Waals surface area contributed by atoms with Gasteiger partial charge in [0, 0.05) is 0 Å². The quantitative estimate of drug-likeness (QED) is 0.785. The summed E-state index contributed by atoms with van der Waals surface area (Å²) in [4.78, 5) is 22.3. The largest absolute Gasteiger partial charge is 0.480 e. The van der Waals surface area contributed by atoms with E-state index in [1.165, 1.54) is 12.3 Å². The number of anilines is 1. The van der Waals surface area contributed by atoms with Crippen molar-refractivity contribution in [3.8, 4) is 0 Å². The molecule has 0 saturated heterocycles. The summed E-state index contributed by atoms with van der Waals surface area (Å²) in [5, 5.41) is 11.1. The van der Waals surface area contributed by atoms with E-state index in [2.05, 4.69) is 5.32 Å². The second-order valence-corrected chi connectivity index (χ2v) is 3.97. The van der Waals surface area contributed by atoms with Gasteiger partial charge in [0.25, 0.3) is 0 Å². The minimum atomic E-state index is -1.05. The topological polar surface area (TPSA) is 88.8 Å². The smallest absolute Gasteiger partial charge is 0.344 e. The van der Waals surface area contributed by atoms with Crippen molar-refractivity contribution in [2.24, 2.45) is 0 Å². The second kappa shape index (κ2) is 6.42. The number of carboxylic acid groups (broad SMARTS) is 1. The summed E-state index contributed by atoms with van der Waals surface area (Å²) in [7, 11) is 0. The highest BCUT2D eigenvalue weighted by Crippen LogP contribution is 2.18. The molecular formula is C14H13NO5. The average Bonchev–Trinajstić information content (AvgIpc) is 2.92. The summed E-state index contributed by atoms with van der Waals surface area (Å²) in [5.74, 6) is -1.54. The lowest BCUT2D eigenvalue weighted by atomic mass is 10.2. The summed E-state index contributed by atoms with van der Waals surface area (Å²) in [5.41, 5.74) is 1.03. The minimum absolute atomic E-state index is 0.0884. The van der Waals surface area contributed by atoms with Crippen LogP contribution in [0.15, 0.2) is 47.1 Å². The van der Waals surface area contributed by atoms with Crippen LogP contribution in [0.3, 0.4) is 0 Å². The van der Waals surface area contributed by atoms with Gasteiger partial charge in [-0.05, 0) is 11.6 Å². The highest BCUT2D eigenvalue weighted by molar-refractivity contribution is 5.94. The number of furan rings is 1. The molecule has 2 aromatic rings. The third-order valence-corrected chi connectivity index (χ3v) is 2.50. The first-order valence-corrected chi connectivity index (χ1v) is 5.91.